The van der Waals surface area contributed by atoms with Crippen LogP contribution in [-0.4, -0.2) is 24.2 Å². The number of benzene rings is 1. The second-order valence-electron chi connectivity index (χ2n) is 5.10. The number of carbonyl (C=O) groups is 2. The maximum atomic E-state index is 11.5. The van der Waals surface area contributed by atoms with Crippen LogP contribution in [0.25, 0.3) is 0 Å². The predicted molar refractivity (Wildman–Crippen MR) is 71.1 cm³/mol. The van der Waals surface area contributed by atoms with Crippen LogP contribution in [0.2, 0.25) is 0 Å². The van der Waals surface area contributed by atoms with Crippen LogP contribution in [0.3, 0.4) is 0 Å². The molecule has 1 N–H and O–H groups in total. The number of aryl methyl sites for hydroxylation is 1. The third-order valence-electron chi connectivity index (χ3n) is 2.09. The van der Waals surface area contributed by atoms with Gasteiger partial charge in [0.15, 0.2) is 0 Å². The molecule has 0 aliphatic heterocycles. The van der Waals surface area contributed by atoms with Crippen molar-refractivity contribution in [2.45, 2.75) is 33.3 Å². The van der Waals surface area contributed by atoms with Crippen LogP contribution in [0.1, 0.15) is 26.3 Å². The number of carbonyl (C=O) groups excluding carboxylic acids is 2. The Balaban J connectivity index is 2.41. The molecule has 0 aliphatic rings. The van der Waals surface area contributed by atoms with Crippen molar-refractivity contribution in [3.63, 3.8) is 0 Å². The van der Waals surface area contributed by atoms with E-state index in [-0.39, 0.29) is 6.54 Å². The third-order valence-corrected chi connectivity index (χ3v) is 2.09. The van der Waals surface area contributed by atoms with Gasteiger partial charge < -0.3 is 14.8 Å². The number of alkyl carbamates (subject to hydrolysis) is 1. The van der Waals surface area contributed by atoms with E-state index in [2.05, 4.69) is 5.32 Å². The van der Waals surface area contributed by atoms with Crippen molar-refractivity contribution in [1.82, 2.24) is 5.32 Å². The SMILES string of the molecule is Cc1ccccc1OC(=O)CNC(=O)OC(C)(C)C. The summed E-state index contributed by atoms with van der Waals surface area (Å²) in [4.78, 5) is 22.9. The summed E-state index contributed by atoms with van der Waals surface area (Å²) in [7, 11) is 0. The first-order chi connectivity index (χ1) is 8.78. The Kier molecular flexibility index (Phi) is 4.92. The summed E-state index contributed by atoms with van der Waals surface area (Å²) in [6.45, 7) is 6.85. The van der Waals surface area contributed by atoms with Gasteiger partial charge in [-0.25, -0.2) is 9.59 Å². The van der Waals surface area contributed by atoms with Crippen molar-refractivity contribution in [3.05, 3.63) is 29.8 Å². The van der Waals surface area contributed by atoms with Gasteiger partial charge in [0.2, 0.25) is 0 Å². The molecule has 0 fully saturated rings. The lowest BCUT2D eigenvalue weighted by Gasteiger charge is -2.19. The fourth-order valence-electron chi connectivity index (χ4n) is 1.29. The Hall–Kier alpha value is -2.04. The van der Waals surface area contributed by atoms with Gasteiger partial charge in [-0.1, -0.05) is 18.2 Å². The van der Waals surface area contributed by atoms with Crippen molar-refractivity contribution in [3.8, 4) is 5.75 Å². The molecule has 1 amide bonds. The first-order valence-corrected chi connectivity index (χ1v) is 6.01. The number of amides is 1. The van der Waals surface area contributed by atoms with E-state index < -0.39 is 17.7 Å². The average Bonchev–Trinajstić information content (AvgIpc) is 2.27. The molecule has 0 saturated heterocycles. The first-order valence-electron chi connectivity index (χ1n) is 6.01. The van der Waals surface area contributed by atoms with E-state index in [1.807, 2.05) is 19.1 Å². The summed E-state index contributed by atoms with van der Waals surface area (Å²) >= 11 is 0. The molecular formula is C14H19NO4. The van der Waals surface area contributed by atoms with Gasteiger partial charge in [-0.3, -0.25) is 0 Å². The summed E-state index contributed by atoms with van der Waals surface area (Å²) < 4.78 is 10.1. The zero-order chi connectivity index (χ0) is 14.5. The van der Waals surface area contributed by atoms with Crippen molar-refractivity contribution in [2.24, 2.45) is 0 Å². The highest BCUT2D eigenvalue weighted by molar-refractivity contribution is 5.79. The Bertz CT molecular complexity index is 463. The molecule has 1 aromatic carbocycles. The summed E-state index contributed by atoms with van der Waals surface area (Å²) in [5.74, 6) is -0.0568. The van der Waals surface area contributed by atoms with Crippen molar-refractivity contribution in [2.75, 3.05) is 6.54 Å². The zero-order valence-corrected chi connectivity index (χ0v) is 11.6. The second-order valence-corrected chi connectivity index (χ2v) is 5.10. The van der Waals surface area contributed by atoms with Crippen LogP contribution in [-0.2, 0) is 9.53 Å². The van der Waals surface area contributed by atoms with Gasteiger partial charge in [0.05, 0.1) is 0 Å². The average molecular weight is 265 g/mol. The lowest BCUT2D eigenvalue weighted by atomic mass is 10.2. The minimum absolute atomic E-state index is 0.233. The van der Waals surface area contributed by atoms with Crippen LogP contribution < -0.4 is 10.1 Å². The lowest BCUT2D eigenvalue weighted by molar-refractivity contribution is -0.133. The standard InChI is InChI=1S/C14H19NO4/c1-10-7-5-6-8-11(10)18-12(16)9-15-13(17)19-14(2,3)4/h5-8H,9H2,1-4H3,(H,15,17). The van der Waals surface area contributed by atoms with Gasteiger partial charge in [-0.2, -0.15) is 0 Å². The Morgan fingerprint density at radius 3 is 2.42 bits per heavy atom. The van der Waals surface area contributed by atoms with Gasteiger partial charge in [0.1, 0.15) is 17.9 Å². The number of ether oxygens (including phenoxy) is 2. The summed E-state index contributed by atoms with van der Waals surface area (Å²) in [6, 6.07) is 7.16. The molecular weight excluding hydrogens is 246 g/mol. The molecule has 0 aromatic heterocycles. The smallest absolute Gasteiger partial charge is 0.408 e. The quantitative estimate of drug-likeness (QED) is 0.673. The number of hydrogen-bond donors (Lipinski definition) is 1. The first kappa shape index (κ1) is 15.0. The van der Waals surface area contributed by atoms with E-state index in [9.17, 15) is 9.59 Å². The van der Waals surface area contributed by atoms with E-state index >= 15 is 0 Å². The molecule has 0 atom stereocenters. The van der Waals surface area contributed by atoms with E-state index in [0.717, 1.165) is 5.56 Å². The van der Waals surface area contributed by atoms with Gasteiger partial charge in [0.25, 0.3) is 0 Å². The predicted octanol–water partition coefficient (Wildman–Crippen LogP) is 2.43. The molecule has 5 nitrogen and oxygen atoms in total. The molecule has 0 spiro atoms. The summed E-state index contributed by atoms with van der Waals surface area (Å²) in [5, 5.41) is 2.34. The lowest BCUT2D eigenvalue weighted by Crippen LogP contribution is -2.36. The third kappa shape index (κ3) is 5.90. The number of nitrogens with one attached hydrogen (secondary N) is 1. The highest BCUT2D eigenvalue weighted by atomic mass is 16.6. The molecule has 1 rings (SSSR count). The topological polar surface area (TPSA) is 64.6 Å². The fourth-order valence-corrected chi connectivity index (χ4v) is 1.29. The molecule has 0 saturated carbocycles. The number of para-hydroxylation sites is 1. The molecule has 104 valence electrons. The van der Waals surface area contributed by atoms with Gasteiger partial charge >= 0.3 is 12.1 Å². The van der Waals surface area contributed by atoms with E-state index in [4.69, 9.17) is 9.47 Å². The van der Waals surface area contributed by atoms with E-state index in [0.29, 0.717) is 5.75 Å². The normalized spacial score (nSPS) is 10.7. The molecule has 0 bridgehead atoms. The Morgan fingerprint density at radius 2 is 1.84 bits per heavy atom. The molecule has 19 heavy (non-hydrogen) atoms. The van der Waals surface area contributed by atoms with Crippen LogP contribution in [0, 0.1) is 6.92 Å². The molecule has 5 heteroatoms. The summed E-state index contributed by atoms with van der Waals surface area (Å²) in [5.41, 5.74) is 0.261. The van der Waals surface area contributed by atoms with Crippen LogP contribution in [0.5, 0.6) is 5.75 Å². The van der Waals surface area contributed by atoms with Gasteiger partial charge in [0, 0.05) is 0 Å². The largest absolute Gasteiger partial charge is 0.444 e. The molecule has 1 aromatic rings. The maximum Gasteiger partial charge on any atom is 0.408 e. The zero-order valence-electron chi connectivity index (χ0n) is 11.6. The monoisotopic (exact) mass is 265 g/mol. The highest BCUT2D eigenvalue weighted by Crippen LogP contribution is 2.16. The molecule has 0 unspecified atom stereocenters. The van der Waals surface area contributed by atoms with Crippen molar-refractivity contribution in [1.29, 1.82) is 0 Å². The minimum Gasteiger partial charge on any atom is -0.444 e. The molecule has 0 heterocycles. The minimum atomic E-state index is -0.644. The molecule has 0 radical (unpaired) electrons. The van der Waals surface area contributed by atoms with Gasteiger partial charge in [-0.15, -0.1) is 0 Å². The van der Waals surface area contributed by atoms with Crippen LogP contribution >= 0.6 is 0 Å². The number of esters is 1. The maximum absolute atomic E-state index is 11.5. The van der Waals surface area contributed by atoms with Crippen LogP contribution in [0.4, 0.5) is 4.79 Å². The second kappa shape index (κ2) is 6.22. The van der Waals surface area contributed by atoms with Crippen molar-refractivity contribution < 1.29 is 19.1 Å². The number of hydrogen-bond acceptors (Lipinski definition) is 4. The number of rotatable bonds is 3. The van der Waals surface area contributed by atoms with Gasteiger partial charge in [-0.05, 0) is 39.3 Å². The van der Waals surface area contributed by atoms with E-state index in [1.54, 1.807) is 32.9 Å². The van der Waals surface area contributed by atoms with Crippen LogP contribution in [0.15, 0.2) is 24.3 Å². The Morgan fingerprint density at radius 1 is 1.21 bits per heavy atom. The Labute approximate surface area is 112 Å². The summed E-state index contributed by atoms with van der Waals surface area (Å²) in [6.07, 6.45) is -0.644. The highest BCUT2D eigenvalue weighted by Gasteiger charge is 2.17. The van der Waals surface area contributed by atoms with Crippen molar-refractivity contribution >= 4 is 12.1 Å². The van der Waals surface area contributed by atoms with E-state index in [1.165, 1.54) is 0 Å². The fraction of sp³-hybridized carbons (Fsp3) is 0.429. The molecule has 0 aliphatic carbocycles.